The van der Waals surface area contributed by atoms with E-state index in [1.807, 2.05) is 11.8 Å². The summed E-state index contributed by atoms with van der Waals surface area (Å²) in [4.78, 5) is 52.5. The van der Waals surface area contributed by atoms with E-state index in [1.54, 1.807) is 11.8 Å². The zero-order chi connectivity index (χ0) is 20.1. The van der Waals surface area contributed by atoms with Gasteiger partial charge in [-0.3, -0.25) is 23.6 Å². The lowest BCUT2D eigenvalue weighted by Gasteiger charge is -2.33. The maximum atomic E-state index is 12.7. The smallest absolute Gasteiger partial charge is 0.409 e. The monoisotopic (exact) mass is 381 g/mol. The SMILES string of the molecule is CCCn1c(N)c(C(=O)CN2CCN(C(=O)OCC)CC2)c(=O)n(C)c1=O. The lowest BCUT2D eigenvalue weighted by molar-refractivity contribution is 0.0732. The highest BCUT2D eigenvalue weighted by molar-refractivity contribution is 6.01. The maximum absolute atomic E-state index is 12.7. The second-order valence-electron chi connectivity index (χ2n) is 6.44. The summed E-state index contributed by atoms with van der Waals surface area (Å²) in [5.74, 6) is -0.511. The van der Waals surface area contributed by atoms with E-state index < -0.39 is 17.0 Å². The molecule has 0 aliphatic carbocycles. The van der Waals surface area contributed by atoms with Crippen LogP contribution in [0, 0.1) is 0 Å². The number of nitrogen functional groups attached to an aromatic ring is 1. The minimum atomic E-state index is -0.681. The first kappa shape index (κ1) is 20.7. The summed E-state index contributed by atoms with van der Waals surface area (Å²) >= 11 is 0. The highest BCUT2D eigenvalue weighted by Gasteiger charge is 2.26. The molecule has 0 radical (unpaired) electrons. The Morgan fingerprint density at radius 2 is 1.74 bits per heavy atom. The van der Waals surface area contributed by atoms with Gasteiger partial charge in [-0.1, -0.05) is 6.92 Å². The van der Waals surface area contributed by atoms with Gasteiger partial charge in [-0.15, -0.1) is 0 Å². The number of aromatic nitrogens is 2. The van der Waals surface area contributed by atoms with E-state index in [9.17, 15) is 19.2 Å². The molecule has 0 saturated carbocycles. The molecule has 27 heavy (non-hydrogen) atoms. The van der Waals surface area contributed by atoms with Crippen LogP contribution in [0.15, 0.2) is 9.59 Å². The number of hydrogen-bond donors (Lipinski definition) is 1. The standard InChI is InChI=1S/C17H27N5O5/c1-4-6-22-14(18)13(15(24)19(3)16(22)25)12(23)11-20-7-9-21(10-8-20)17(26)27-5-2/h4-11,18H2,1-3H3. The molecule has 1 aliphatic heterocycles. The van der Waals surface area contributed by atoms with Crippen molar-refractivity contribution in [3.05, 3.63) is 26.4 Å². The van der Waals surface area contributed by atoms with Crippen molar-refractivity contribution < 1.29 is 14.3 Å². The summed E-state index contributed by atoms with van der Waals surface area (Å²) in [5.41, 5.74) is 4.62. The third kappa shape index (κ3) is 4.38. The highest BCUT2D eigenvalue weighted by Crippen LogP contribution is 2.10. The molecular weight excluding hydrogens is 354 g/mol. The molecule has 150 valence electrons. The number of ketones is 1. The number of nitrogens with zero attached hydrogens (tertiary/aromatic N) is 4. The summed E-state index contributed by atoms with van der Waals surface area (Å²) in [7, 11) is 1.34. The largest absolute Gasteiger partial charge is 0.450 e. The quantitative estimate of drug-likeness (QED) is 0.659. The summed E-state index contributed by atoms with van der Waals surface area (Å²) in [6.07, 6.45) is 0.277. The van der Waals surface area contributed by atoms with Crippen LogP contribution in [0.3, 0.4) is 0 Å². The second-order valence-corrected chi connectivity index (χ2v) is 6.44. The van der Waals surface area contributed by atoms with Gasteiger partial charge in [-0.2, -0.15) is 0 Å². The van der Waals surface area contributed by atoms with Gasteiger partial charge in [0.1, 0.15) is 11.4 Å². The number of anilines is 1. The van der Waals surface area contributed by atoms with Crippen LogP contribution in [0.2, 0.25) is 0 Å². The normalized spacial score (nSPS) is 15.0. The van der Waals surface area contributed by atoms with Crippen LogP contribution >= 0.6 is 0 Å². The van der Waals surface area contributed by atoms with Crippen molar-refractivity contribution in [3.8, 4) is 0 Å². The topological polar surface area (TPSA) is 120 Å². The Balaban J connectivity index is 2.15. The number of nitrogens with two attached hydrogens (primary N) is 1. The first-order valence-electron chi connectivity index (χ1n) is 9.08. The summed E-state index contributed by atoms with van der Waals surface area (Å²) in [5, 5.41) is 0. The van der Waals surface area contributed by atoms with Gasteiger partial charge in [-0.25, -0.2) is 9.59 Å². The van der Waals surface area contributed by atoms with Gasteiger partial charge in [0.05, 0.1) is 13.2 Å². The summed E-state index contributed by atoms with van der Waals surface area (Å²) in [6, 6.07) is 0. The van der Waals surface area contributed by atoms with Crippen molar-refractivity contribution in [2.24, 2.45) is 7.05 Å². The summed E-state index contributed by atoms with van der Waals surface area (Å²) in [6.45, 7) is 6.12. The van der Waals surface area contributed by atoms with Crippen molar-refractivity contribution in [2.45, 2.75) is 26.8 Å². The molecule has 1 aliphatic rings. The fourth-order valence-electron chi connectivity index (χ4n) is 3.07. The molecule has 2 N–H and O–H groups in total. The van der Waals surface area contributed by atoms with Crippen LogP contribution in [0.5, 0.6) is 0 Å². The van der Waals surface area contributed by atoms with Crippen molar-refractivity contribution in [1.82, 2.24) is 18.9 Å². The molecule has 1 fully saturated rings. The molecule has 2 rings (SSSR count). The minimum Gasteiger partial charge on any atom is -0.450 e. The van der Waals surface area contributed by atoms with Gasteiger partial charge in [0.15, 0.2) is 5.78 Å². The van der Waals surface area contributed by atoms with Crippen LogP contribution in [0.1, 0.15) is 30.6 Å². The number of carbonyl (C=O) groups excluding carboxylic acids is 2. The molecule has 0 bridgehead atoms. The number of amides is 1. The zero-order valence-electron chi connectivity index (χ0n) is 16.1. The van der Waals surface area contributed by atoms with Gasteiger partial charge < -0.3 is 15.4 Å². The molecule has 1 saturated heterocycles. The number of rotatable bonds is 6. The lowest BCUT2D eigenvalue weighted by Crippen LogP contribution is -2.51. The van der Waals surface area contributed by atoms with Crippen molar-refractivity contribution in [1.29, 1.82) is 0 Å². The summed E-state index contributed by atoms with van der Waals surface area (Å²) < 4.78 is 7.14. The average Bonchev–Trinajstić information content (AvgIpc) is 2.64. The third-order valence-corrected chi connectivity index (χ3v) is 4.57. The number of piperazine rings is 1. The first-order chi connectivity index (χ1) is 12.8. The average molecular weight is 381 g/mol. The predicted octanol–water partition coefficient (Wildman–Crippen LogP) is -0.504. The second kappa shape index (κ2) is 8.85. The predicted molar refractivity (Wildman–Crippen MR) is 100 cm³/mol. The molecule has 2 heterocycles. The van der Waals surface area contributed by atoms with Gasteiger partial charge in [0.25, 0.3) is 5.56 Å². The van der Waals surface area contributed by atoms with E-state index >= 15 is 0 Å². The fourth-order valence-corrected chi connectivity index (χ4v) is 3.07. The Morgan fingerprint density at radius 1 is 1.11 bits per heavy atom. The molecule has 1 aromatic heterocycles. The van der Waals surface area contributed by atoms with Crippen LogP contribution in [0.4, 0.5) is 10.6 Å². The van der Waals surface area contributed by atoms with Crippen molar-refractivity contribution in [2.75, 3.05) is 45.1 Å². The van der Waals surface area contributed by atoms with Gasteiger partial charge in [0, 0.05) is 39.8 Å². The molecule has 0 aromatic carbocycles. The zero-order valence-corrected chi connectivity index (χ0v) is 16.1. The van der Waals surface area contributed by atoms with E-state index in [2.05, 4.69) is 0 Å². The van der Waals surface area contributed by atoms with E-state index in [4.69, 9.17) is 10.5 Å². The van der Waals surface area contributed by atoms with E-state index in [0.29, 0.717) is 45.8 Å². The molecule has 10 heteroatoms. The molecule has 0 atom stereocenters. The molecule has 10 nitrogen and oxygen atoms in total. The number of ether oxygens (including phenoxy) is 1. The van der Waals surface area contributed by atoms with Gasteiger partial charge >= 0.3 is 11.8 Å². The third-order valence-electron chi connectivity index (χ3n) is 4.57. The first-order valence-corrected chi connectivity index (χ1v) is 9.08. The highest BCUT2D eigenvalue weighted by atomic mass is 16.6. The number of hydrogen-bond acceptors (Lipinski definition) is 7. The number of Topliss-reactive ketones (excluding diaryl/α,β-unsaturated/α-hetero) is 1. The van der Waals surface area contributed by atoms with Crippen LogP contribution in [0.25, 0.3) is 0 Å². The van der Waals surface area contributed by atoms with Gasteiger partial charge in [-0.05, 0) is 13.3 Å². The van der Waals surface area contributed by atoms with Crippen LogP contribution in [-0.2, 0) is 18.3 Å². The molecule has 1 aromatic rings. The van der Waals surface area contributed by atoms with E-state index in [1.165, 1.54) is 11.6 Å². The Bertz CT molecular complexity index is 820. The maximum Gasteiger partial charge on any atom is 0.409 e. The fraction of sp³-hybridized carbons (Fsp3) is 0.647. The Hall–Kier alpha value is -2.62. The lowest BCUT2D eigenvalue weighted by atomic mass is 10.1. The van der Waals surface area contributed by atoms with Crippen molar-refractivity contribution >= 4 is 17.7 Å². The molecular formula is C17H27N5O5. The van der Waals surface area contributed by atoms with Crippen LogP contribution < -0.4 is 17.0 Å². The van der Waals surface area contributed by atoms with Crippen LogP contribution in [-0.4, -0.2) is 70.1 Å². The molecule has 1 amide bonds. The van der Waals surface area contributed by atoms with Gasteiger partial charge in [0.2, 0.25) is 0 Å². The molecule has 0 unspecified atom stereocenters. The Morgan fingerprint density at radius 3 is 2.30 bits per heavy atom. The molecule has 0 spiro atoms. The number of carbonyl (C=O) groups is 2. The van der Waals surface area contributed by atoms with E-state index in [0.717, 1.165) is 4.57 Å². The Kier molecular flexibility index (Phi) is 6.78. The van der Waals surface area contributed by atoms with E-state index in [-0.39, 0.29) is 24.0 Å². The minimum absolute atomic E-state index is 0.000431. The Labute approximate surface area is 157 Å². The van der Waals surface area contributed by atoms with Crippen molar-refractivity contribution in [3.63, 3.8) is 0 Å².